The first-order valence-electron chi connectivity index (χ1n) is 5.60. The van der Waals surface area contributed by atoms with Crippen molar-refractivity contribution in [3.8, 4) is 0 Å². The van der Waals surface area contributed by atoms with Crippen LogP contribution >= 0.6 is 42.4 Å². The van der Waals surface area contributed by atoms with E-state index in [9.17, 15) is 9.36 Å². The number of ether oxygens (including phenoxy) is 1. The van der Waals surface area contributed by atoms with Crippen molar-refractivity contribution in [3.05, 3.63) is 0 Å². The van der Waals surface area contributed by atoms with E-state index in [2.05, 4.69) is 10.1 Å². The lowest BCUT2D eigenvalue weighted by Gasteiger charge is -2.30. The van der Waals surface area contributed by atoms with Gasteiger partial charge in [0.2, 0.25) is 3.79 Å². The van der Waals surface area contributed by atoms with E-state index in [1.54, 1.807) is 20.8 Å². The largest absolute Gasteiger partial charge is 0.450 e. The molecule has 0 rings (SSSR count). The van der Waals surface area contributed by atoms with Crippen molar-refractivity contribution in [2.75, 3.05) is 19.8 Å². The Kier molecular flexibility index (Phi) is 8.68. The second-order valence-corrected chi connectivity index (χ2v) is 7.67. The summed E-state index contributed by atoms with van der Waals surface area (Å²) >= 11 is 17.2. The highest BCUT2D eigenvalue weighted by atomic mass is 35.6. The number of amides is 1. The molecule has 0 heterocycles. The lowest BCUT2D eigenvalue weighted by molar-refractivity contribution is 0.146. The molecule has 0 bridgehead atoms. The number of hydrogen-bond donors (Lipinski definition) is 1. The van der Waals surface area contributed by atoms with Crippen molar-refractivity contribution in [2.24, 2.45) is 0 Å². The lowest BCUT2D eigenvalue weighted by Crippen LogP contribution is -2.44. The van der Waals surface area contributed by atoms with E-state index in [1.165, 1.54) is 0 Å². The fourth-order valence-electron chi connectivity index (χ4n) is 1.17. The normalized spacial score (nSPS) is 14.0. The number of rotatable bonds is 7. The van der Waals surface area contributed by atoms with Crippen molar-refractivity contribution in [1.82, 2.24) is 5.32 Å². The smallest absolute Gasteiger partial charge is 0.408 e. The van der Waals surface area contributed by atoms with Gasteiger partial charge < -0.3 is 19.1 Å². The van der Waals surface area contributed by atoms with Crippen LogP contribution in [0.15, 0.2) is 0 Å². The number of hydrogen-bond acceptors (Lipinski definition) is 5. The molecule has 0 fully saturated rings. The maximum absolute atomic E-state index is 12.5. The van der Waals surface area contributed by atoms with Gasteiger partial charge in [0.15, 0.2) is 5.78 Å². The average molecular weight is 357 g/mol. The number of alkyl carbamates (subject to hydrolysis) is 1. The third-order valence-electron chi connectivity index (χ3n) is 1.77. The maximum Gasteiger partial charge on any atom is 0.408 e. The van der Waals surface area contributed by atoms with Crippen LogP contribution in [0.3, 0.4) is 0 Å². The number of carbonyl (C=O) groups excluding carboxylic acids is 1. The van der Waals surface area contributed by atoms with Crippen molar-refractivity contribution < 1.29 is 23.1 Å². The number of nitrogens with one attached hydrogen (secondary N) is 1. The van der Waals surface area contributed by atoms with Gasteiger partial charge in [0.05, 0.1) is 19.8 Å². The summed E-state index contributed by atoms with van der Waals surface area (Å²) in [5.74, 6) is -1.47. The topological polar surface area (TPSA) is 73.9 Å². The Bertz CT molecular complexity index is 326. The van der Waals surface area contributed by atoms with Gasteiger partial charge in [-0.25, -0.2) is 4.79 Å². The molecule has 0 aromatic carbocycles. The molecule has 1 atom stereocenters. The standard InChI is InChI=1S/C9H17Cl3NO5P/c1-4-16-8(14)13-7(9(10,11)12)19(15,17-5-2)18-6-3/h7H,4-6H2,1-3H3,(H,13,14)/t7-/m1/s1. The zero-order chi connectivity index (χ0) is 15.1. The minimum atomic E-state index is -3.84. The third kappa shape index (κ3) is 6.52. The van der Waals surface area contributed by atoms with Gasteiger partial charge >= 0.3 is 13.7 Å². The zero-order valence-corrected chi connectivity index (χ0v) is 14.0. The first-order valence-corrected chi connectivity index (χ1v) is 8.34. The molecule has 0 aliphatic rings. The Balaban J connectivity index is 5.20. The van der Waals surface area contributed by atoms with Gasteiger partial charge in [0.1, 0.15) is 0 Å². The Morgan fingerprint density at radius 2 is 1.63 bits per heavy atom. The molecule has 0 unspecified atom stereocenters. The van der Waals surface area contributed by atoms with Gasteiger partial charge in [-0.1, -0.05) is 34.8 Å². The number of halogens is 3. The summed E-state index contributed by atoms with van der Waals surface area (Å²) in [6, 6.07) is 0. The molecule has 0 aromatic rings. The summed E-state index contributed by atoms with van der Waals surface area (Å²) in [5.41, 5.74) is 0. The van der Waals surface area contributed by atoms with Crippen LogP contribution in [0.2, 0.25) is 0 Å². The maximum atomic E-state index is 12.5. The Hall–Kier alpha value is 0.290. The summed E-state index contributed by atoms with van der Waals surface area (Å²) in [6.07, 6.45) is -0.876. The molecule has 19 heavy (non-hydrogen) atoms. The molecule has 0 aliphatic carbocycles. The van der Waals surface area contributed by atoms with Crippen LogP contribution in [0.4, 0.5) is 4.79 Å². The fourth-order valence-corrected chi connectivity index (χ4v) is 4.12. The quantitative estimate of drug-likeness (QED) is 0.556. The highest BCUT2D eigenvalue weighted by Gasteiger charge is 2.50. The van der Waals surface area contributed by atoms with Crippen LogP contribution in [0.5, 0.6) is 0 Å². The van der Waals surface area contributed by atoms with Gasteiger partial charge in [0.25, 0.3) is 0 Å². The average Bonchev–Trinajstić information content (AvgIpc) is 2.25. The molecule has 0 saturated carbocycles. The molecule has 1 amide bonds. The SMILES string of the molecule is CCOC(=O)N[C@@H](C(Cl)(Cl)Cl)P(=O)(OCC)OCC. The highest BCUT2D eigenvalue weighted by Crippen LogP contribution is 2.58. The minimum absolute atomic E-state index is 0.0685. The molecule has 0 aromatic heterocycles. The summed E-state index contributed by atoms with van der Waals surface area (Å²) in [5, 5.41) is 2.20. The van der Waals surface area contributed by atoms with Gasteiger partial charge in [-0.15, -0.1) is 0 Å². The van der Waals surface area contributed by atoms with Crippen LogP contribution in [0, 0.1) is 0 Å². The van der Waals surface area contributed by atoms with Crippen molar-refractivity contribution in [2.45, 2.75) is 30.3 Å². The fraction of sp³-hybridized carbons (Fsp3) is 0.889. The molecule has 114 valence electrons. The summed E-state index contributed by atoms with van der Waals surface area (Å²) in [4.78, 5) is 11.4. The Labute approximate surface area is 127 Å². The minimum Gasteiger partial charge on any atom is -0.450 e. The van der Waals surface area contributed by atoms with Crippen LogP contribution in [0.25, 0.3) is 0 Å². The molecule has 1 N–H and O–H groups in total. The molecule has 0 saturated heterocycles. The van der Waals surface area contributed by atoms with E-state index in [1.807, 2.05) is 0 Å². The number of alkyl halides is 3. The van der Waals surface area contributed by atoms with Crippen molar-refractivity contribution >= 4 is 48.5 Å². The van der Waals surface area contributed by atoms with Crippen LogP contribution < -0.4 is 5.32 Å². The predicted octanol–water partition coefficient (Wildman–Crippen LogP) is 3.69. The first-order chi connectivity index (χ1) is 8.71. The molecular formula is C9H17Cl3NO5P. The van der Waals surface area contributed by atoms with Gasteiger partial charge in [-0.05, 0) is 20.8 Å². The van der Waals surface area contributed by atoms with Crippen LogP contribution in [-0.4, -0.2) is 35.5 Å². The van der Waals surface area contributed by atoms with Crippen molar-refractivity contribution in [1.29, 1.82) is 0 Å². The predicted molar refractivity (Wildman–Crippen MR) is 75.1 cm³/mol. The van der Waals surface area contributed by atoms with Gasteiger partial charge in [-0.3, -0.25) is 4.57 Å². The molecule has 0 aliphatic heterocycles. The molecular weight excluding hydrogens is 339 g/mol. The van der Waals surface area contributed by atoms with Gasteiger partial charge in [0, 0.05) is 0 Å². The summed E-state index contributed by atoms with van der Waals surface area (Å²) in [6.45, 7) is 5.07. The second-order valence-electron chi connectivity index (χ2n) is 3.18. The molecule has 6 nitrogen and oxygen atoms in total. The second kappa shape index (κ2) is 8.55. The monoisotopic (exact) mass is 355 g/mol. The summed E-state index contributed by atoms with van der Waals surface area (Å²) in [7, 11) is -3.84. The van der Waals surface area contributed by atoms with Crippen LogP contribution in [0.1, 0.15) is 20.8 Å². The van der Waals surface area contributed by atoms with E-state index in [0.29, 0.717) is 0 Å². The highest BCUT2D eigenvalue weighted by molar-refractivity contribution is 7.55. The number of carbonyl (C=O) groups is 1. The van der Waals surface area contributed by atoms with E-state index in [0.717, 1.165) is 0 Å². The Morgan fingerprint density at radius 3 is 1.95 bits per heavy atom. The van der Waals surface area contributed by atoms with E-state index >= 15 is 0 Å². The molecule has 10 heteroatoms. The molecule has 0 radical (unpaired) electrons. The lowest BCUT2D eigenvalue weighted by atomic mass is 10.7. The Morgan fingerprint density at radius 1 is 1.16 bits per heavy atom. The molecule has 0 spiro atoms. The van der Waals surface area contributed by atoms with E-state index in [-0.39, 0.29) is 19.8 Å². The van der Waals surface area contributed by atoms with Crippen molar-refractivity contribution in [3.63, 3.8) is 0 Å². The summed E-state index contributed by atoms with van der Waals surface area (Å²) < 4.78 is 25.2. The zero-order valence-electron chi connectivity index (χ0n) is 10.8. The third-order valence-corrected chi connectivity index (χ3v) is 5.27. The van der Waals surface area contributed by atoms with Crippen LogP contribution in [-0.2, 0) is 18.3 Å². The van der Waals surface area contributed by atoms with E-state index < -0.39 is 23.3 Å². The van der Waals surface area contributed by atoms with Gasteiger partial charge in [-0.2, -0.15) is 0 Å². The van der Waals surface area contributed by atoms with E-state index in [4.69, 9.17) is 43.9 Å². The first kappa shape index (κ1) is 19.3.